The molecule has 0 fully saturated rings. The molecule has 0 bridgehead atoms. The number of amides is 1. The predicted molar refractivity (Wildman–Crippen MR) is 75.3 cm³/mol. The molecule has 0 unspecified atom stereocenters. The van der Waals surface area contributed by atoms with E-state index in [1.807, 2.05) is 30.3 Å². The topological polar surface area (TPSA) is 81.7 Å². The van der Waals surface area contributed by atoms with E-state index in [0.717, 1.165) is 5.56 Å². The molecule has 1 N–H and O–H groups in total. The van der Waals surface area contributed by atoms with Gasteiger partial charge in [-0.05, 0) is 12.5 Å². The second-order valence-corrected chi connectivity index (χ2v) is 4.31. The molecule has 1 amide bonds. The number of carbonyl (C=O) groups is 3. The lowest BCUT2D eigenvalue weighted by Crippen LogP contribution is -2.41. The minimum atomic E-state index is -0.973. The molecule has 21 heavy (non-hydrogen) atoms. The smallest absolute Gasteiger partial charge is 0.325 e. The zero-order valence-corrected chi connectivity index (χ0v) is 12.1. The van der Waals surface area contributed by atoms with Crippen molar-refractivity contribution in [1.29, 1.82) is 0 Å². The van der Waals surface area contributed by atoms with Gasteiger partial charge >= 0.3 is 11.9 Å². The van der Waals surface area contributed by atoms with Crippen LogP contribution < -0.4 is 5.32 Å². The highest BCUT2D eigenvalue weighted by molar-refractivity contribution is 5.86. The fraction of sp³-hybridized carbons (Fsp3) is 0.400. The molecule has 6 nitrogen and oxygen atoms in total. The van der Waals surface area contributed by atoms with Crippen LogP contribution in [-0.4, -0.2) is 37.1 Å². The van der Waals surface area contributed by atoms with Gasteiger partial charge in [-0.3, -0.25) is 14.4 Å². The maximum absolute atomic E-state index is 12.0. The summed E-state index contributed by atoms with van der Waals surface area (Å²) in [6.07, 6.45) is -0.728. The summed E-state index contributed by atoms with van der Waals surface area (Å²) in [6, 6.07) is 9.17. The highest BCUT2D eigenvalue weighted by Gasteiger charge is 2.22. The van der Waals surface area contributed by atoms with Crippen molar-refractivity contribution >= 4 is 17.8 Å². The Morgan fingerprint density at radius 3 is 2.43 bits per heavy atom. The van der Waals surface area contributed by atoms with Crippen LogP contribution in [0.15, 0.2) is 30.3 Å². The lowest BCUT2D eigenvalue weighted by molar-refractivity contribution is -0.154. The highest BCUT2D eigenvalue weighted by atomic mass is 16.5. The Morgan fingerprint density at radius 1 is 1.19 bits per heavy atom. The molecule has 114 valence electrons. The van der Waals surface area contributed by atoms with E-state index in [-0.39, 0.29) is 19.6 Å². The van der Waals surface area contributed by atoms with Crippen molar-refractivity contribution in [3.05, 3.63) is 35.9 Å². The molecule has 0 spiro atoms. The third-order valence-electron chi connectivity index (χ3n) is 2.58. The molecule has 1 aromatic carbocycles. The van der Waals surface area contributed by atoms with Crippen LogP contribution in [0.2, 0.25) is 0 Å². The highest BCUT2D eigenvalue weighted by Crippen LogP contribution is 2.06. The average Bonchev–Trinajstić information content (AvgIpc) is 2.45. The van der Waals surface area contributed by atoms with Gasteiger partial charge in [0.15, 0.2) is 6.10 Å². The number of esters is 2. The van der Waals surface area contributed by atoms with E-state index < -0.39 is 23.9 Å². The largest absolute Gasteiger partial charge is 0.465 e. The van der Waals surface area contributed by atoms with Crippen molar-refractivity contribution in [3.8, 4) is 0 Å². The maximum Gasteiger partial charge on any atom is 0.325 e. The van der Waals surface area contributed by atoms with Gasteiger partial charge in [0.2, 0.25) is 0 Å². The average molecular weight is 293 g/mol. The standard InChI is InChI=1S/C15H19NO5/c1-3-20-14(18)10-16-15(19)13(21-11(2)17)9-12-7-5-4-6-8-12/h4-8,13H,3,9-10H2,1-2H3,(H,16,19)/t13-/m1/s1. The van der Waals surface area contributed by atoms with E-state index in [9.17, 15) is 14.4 Å². The number of nitrogens with one attached hydrogen (secondary N) is 1. The Morgan fingerprint density at radius 2 is 1.86 bits per heavy atom. The van der Waals surface area contributed by atoms with Crippen LogP contribution in [0.3, 0.4) is 0 Å². The van der Waals surface area contributed by atoms with Gasteiger partial charge in [-0.25, -0.2) is 0 Å². The van der Waals surface area contributed by atoms with E-state index in [1.165, 1.54) is 6.92 Å². The summed E-state index contributed by atoms with van der Waals surface area (Å²) in [5.41, 5.74) is 0.857. The zero-order valence-electron chi connectivity index (χ0n) is 12.1. The molecule has 0 saturated carbocycles. The zero-order chi connectivity index (χ0) is 15.7. The molecule has 0 heterocycles. The van der Waals surface area contributed by atoms with Crippen LogP contribution in [0.25, 0.3) is 0 Å². The summed E-state index contributed by atoms with van der Waals surface area (Å²) < 4.78 is 9.72. The first-order chi connectivity index (χ1) is 10.0. The van der Waals surface area contributed by atoms with Crippen LogP contribution in [0.4, 0.5) is 0 Å². The van der Waals surface area contributed by atoms with Crippen molar-refractivity contribution in [2.24, 2.45) is 0 Å². The van der Waals surface area contributed by atoms with E-state index >= 15 is 0 Å². The Balaban J connectivity index is 2.62. The third kappa shape index (κ3) is 6.56. The van der Waals surface area contributed by atoms with E-state index in [1.54, 1.807) is 6.92 Å². The number of carbonyl (C=O) groups excluding carboxylic acids is 3. The minimum Gasteiger partial charge on any atom is -0.465 e. The first-order valence-corrected chi connectivity index (χ1v) is 6.67. The Bertz CT molecular complexity index is 486. The molecular weight excluding hydrogens is 274 g/mol. The van der Waals surface area contributed by atoms with E-state index in [2.05, 4.69) is 5.32 Å². The summed E-state index contributed by atoms with van der Waals surface area (Å²) in [6.45, 7) is 2.90. The van der Waals surface area contributed by atoms with Gasteiger partial charge in [0.1, 0.15) is 6.54 Å². The van der Waals surface area contributed by atoms with Crippen molar-refractivity contribution in [1.82, 2.24) is 5.32 Å². The van der Waals surface area contributed by atoms with Crippen molar-refractivity contribution in [3.63, 3.8) is 0 Å². The summed E-state index contributed by atoms with van der Waals surface area (Å²) in [5.74, 6) is -1.61. The first-order valence-electron chi connectivity index (χ1n) is 6.67. The maximum atomic E-state index is 12.0. The Labute approximate surface area is 123 Å². The van der Waals surface area contributed by atoms with Gasteiger partial charge in [-0.15, -0.1) is 0 Å². The molecule has 0 aliphatic carbocycles. The van der Waals surface area contributed by atoms with Crippen LogP contribution in [0, 0.1) is 0 Å². The van der Waals surface area contributed by atoms with Crippen molar-refractivity contribution in [2.45, 2.75) is 26.4 Å². The normalized spacial score (nSPS) is 11.3. The van der Waals surface area contributed by atoms with Gasteiger partial charge in [0, 0.05) is 13.3 Å². The molecule has 1 rings (SSSR count). The van der Waals surface area contributed by atoms with Crippen molar-refractivity contribution in [2.75, 3.05) is 13.2 Å². The minimum absolute atomic E-state index is 0.242. The molecule has 0 aliphatic rings. The van der Waals surface area contributed by atoms with Crippen LogP contribution >= 0.6 is 0 Å². The van der Waals surface area contributed by atoms with Gasteiger partial charge in [0.25, 0.3) is 5.91 Å². The fourth-order valence-corrected chi connectivity index (χ4v) is 1.70. The molecule has 6 heteroatoms. The summed E-state index contributed by atoms with van der Waals surface area (Å²) in [7, 11) is 0. The van der Waals surface area contributed by atoms with Gasteiger partial charge in [0.05, 0.1) is 6.61 Å². The number of rotatable bonds is 7. The second kappa shape index (κ2) is 8.73. The van der Waals surface area contributed by atoms with E-state index in [4.69, 9.17) is 9.47 Å². The third-order valence-corrected chi connectivity index (χ3v) is 2.58. The molecule has 0 radical (unpaired) electrons. The summed E-state index contributed by atoms with van der Waals surface area (Å²) in [4.78, 5) is 34.3. The molecule has 1 atom stereocenters. The monoisotopic (exact) mass is 293 g/mol. The van der Waals surface area contributed by atoms with Crippen LogP contribution in [0.5, 0.6) is 0 Å². The molecule has 0 aliphatic heterocycles. The molecule has 0 saturated heterocycles. The first kappa shape index (κ1) is 16.7. The lowest BCUT2D eigenvalue weighted by atomic mass is 10.1. The quantitative estimate of drug-likeness (QED) is 0.753. The molecule has 0 aromatic heterocycles. The van der Waals surface area contributed by atoms with Gasteiger partial charge < -0.3 is 14.8 Å². The lowest BCUT2D eigenvalue weighted by Gasteiger charge is -2.16. The molecular formula is C15H19NO5. The fourth-order valence-electron chi connectivity index (χ4n) is 1.70. The van der Waals surface area contributed by atoms with E-state index in [0.29, 0.717) is 0 Å². The van der Waals surface area contributed by atoms with Gasteiger partial charge in [-0.1, -0.05) is 30.3 Å². The van der Waals surface area contributed by atoms with Crippen molar-refractivity contribution < 1.29 is 23.9 Å². The van der Waals surface area contributed by atoms with Gasteiger partial charge in [-0.2, -0.15) is 0 Å². The summed E-state index contributed by atoms with van der Waals surface area (Å²) >= 11 is 0. The SMILES string of the molecule is CCOC(=O)CNC(=O)[C@@H](Cc1ccccc1)OC(C)=O. The Hall–Kier alpha value is -2.37. The summed E-state index contributed by atoms with van der Waals surface area (Å²) in [5, 5.41) is 2.40. The number of hydrogen-bond donors (Lipinski definition) is 1. The van der Waals surface area contributed by atoms with Crippen LogP contribution in [-0.2, 0) is 30.3 Å². The number of benzene rings is 1. The second-order valence-electron chi connectivity index (χ2n) is 4.31. The predicted octanol–water partition coefficient (Wildman–Crippen LogP) is 0.840. The molecule has 1 aromatic rings. The van der Waals surface area contributed by atoms with Crippen LogP contribution in [0.1, 0.15) is 19.4 Å². The number of hydrogen-bond acceptors (Lipinski definition) is 5. The number of ether oxygens (including phenoxy) is 2. The Kier molecular flexibility index (Phi) is 6.94.